The van der Waals surface area contributed by atoms with E-state index in [1.807, 2.05) is 49.4 Å². The zero-order chi connectivity index (χ0) is 20.7. The molecule has 2 aromatic heterocycles. The Morgan fingerprint density at radius 1 is 1.07 bits per heavy atom. The van der Waals surface area contributed by atoms with Crippen LogP contribution < -0.4 is 5.32 Å². The first-order chi connectivity index (χ1) is 14.5. The van der Waals surface area contributed by atoms with E-state index in [0.29, 0.717) is 12.8 Å². The zero-order valence-electron chi connectivity index (χ0n) is 16.3. The first-order valence-corrected chi connectivity index (χ1v) is 10.5. The van der Waals surface area contributed by atoms with Crippen molar-refractivity contribution in [2.24, 2.45) is 0 Å². The molecule has 2 N–H and O–H groups in total. The van der Waals surface area contributed by atoms with Crippen molar-refractivity contribution in [1.82, 2.24) is 25.3 Å². The number of nitrogens with zero attached hydrogens (tertiary/aromatic N) is 3. The van der Waals surface area contributed by atoms with Crippen molar-refractivity contribution in [3.05, 3.63) is 77.2 Å². The van der Waals surface area contributed by atoms with E-state index in [2.05, 4.69) is 32.6 Å². The minimum Gasteiger partial charge on any atom is -0.358 e. The number of thioether (sulfide) groups is 1. The van der Waals surface area contributed by atoms with Crippen LogP contribution in [0.25, 0.3) is 16.6 Å². The summed E-state index contributed by atoms with van der Waals surface area (Å²) in [6.07, 6.45) is 1.18. The molecule has 8 heteroatoms. The van der Waals surface area contributed by atoms with Crippen LogP contribution in [0.1, 0.15) is 22.6 Å². The van der Waals surface area contributed by atoms with Crippen molar-refractivity contribution in [2.75, 3.05) is 0 Å². The molecule has 2 amide bonds. The van der Waals surface area contributed by atoms with Crippen LogP contribution >= 0.6 is 11.8 Å². The van der Waals surface area contributed by atoms with Crippen molar-refractivity contribution in [3.8, 4) is 5.69 Å². The van der Waals surface area contributed by atoms with E-state index >= 15 is 0 Å². The summed E-state index contributed by atoms with van der Waals surface area (Å²) >= 11 is 1.06. The lowest BCUT2D eigenvalue weighted by Crippen LogP contribution is -2.25. The summed E-state index contributed by atoms with van der Waals surface area (Å²) in [5.74, 6) is -0.211. The average Bonchev–Trinajstić information content (AvgIpc) is 3.39. The number of aromatic amines is 1. The third-order valence-electron chi connectivity index (χ3n) is 5.15. The Bertz CT molecular complexity index is 1260. The number of aryl methyl sites for hydroxylation is 1. The Morgan fingerprint density at radius 3 is 2.67 bits per heavy atom. The topological polar surface area (TPSA) is 92.7 Å². The molecule has 30 heavy (non-hydrogen) atoms. The monoisotopic (exact) mass is 417 g/mol. The van der Waals surface area contributed by atoms with Gasteiger partial charge in [-0.15, -0.1) is 0 Å². The van der Waals surface area contributed by atoms with Crippen LogP contribution in [0.4, 0.5) is 4.79 Å². The Labute approximate surface area is 176 Å². The number of carbonyl (C=O) groups is 2. The van der Waals surface area contributed by atoms with E-state index in [1.165, 1.54) is 0 Å². The molecule has 7 nitrogen and oxygen atoms in total. The number of nitrogens with one attached hydrogen (secondary N) is 2. The summed E-state index contributed by atoms with van der Waals surface area (Å²) in [4.78, 5) is 28.3. The number of fused-ring (bicyclic) bond motifs is 1. The third-order valence-corrected chi connectivity index (χ3v) is 6.13. The number of benzene rings is 2. The predicted octanol–water partition coefficient (Wildman–Crippen LogP) is 3.54. The average molecular weight is 417 g/mol. The van der Waals surface area contributed by atoms with Crippen molar-refractivity contribution >= 4 is 33.8 Å². The molecule has 0 radical (unpaired) electrons. The highest BCUT2D eigenvalue weighted by molar-refractivity contribution is 8.15. The highest BCUT2D eigenvalue weighted by Gasteiger charge is 2.31. The molecule has 3 heterocycles. The summed E-state index contributed by atoms with van der Waals surface area (Å²) in [5, 5.41) is 12.0. The zero-order valence-corrected chi connectivity index (χ0v) is 17.1. The maximum Gasteiger partial charge on any atom is 0.286 e. The number of carbonyl (C=O) groups excluding carboxylic acids is 2. The Kier molecular flexibility index (Phi) is 4.63. The van der Waals surface area contributed by atoms with Gasteiger partial charge in [-0.3, -0.25) is 14.9 Å². The minimum atomic E-state index is -0.357. The van der Waals surface area contributed by atoms with E-state index in [1.54, 1.807) is 4.80 Å². The van der Waals surface area contributed by atoms with E-state index in [9.17, 15) is 9.59 Å². The normalized spacial score (nSPS) is 16.4. The number of para-hydroxylation sites is 1. The lowest BCUT2D eigenvalue weighted by molar-refractivity contribution is -0.118. The first kappa shape index (κ1) is 18.6. The maximum atomic E-state index is 11.8. The molecule has 1 atom stereocenters. The molecule has 2 aromatic carbocycles. The maximum absolute atomic E-state index is 11.8. The van der Waals surface area contributed by atoms with Crippen LogP contribution in [0, 0.1) is 6.92 Å². The summed E-state index contributed by atoms with van der Waals surface area (Å²) in [6, 6.07) is 18.0. The van der Waals surface area contributed by atoms with Crippen LogP contribution in [-0.4, -0.2) is 36.4 Å². The Balaban J connectivity index is 1.36. The summed E-state index contributed by atoms with van der Waals surface area (Å²) in [7, 11) is 0. The number of H-pyrrole nitrogens is 1. The molecule has 4 aromatic rings. The molecular formula is C22H19N5O2S. The van der Waals surface area contributed by atoms with Gasteiger partial charge in [0.1, 0.15) is 0 Å². The van der Waals surface area contributed by atoms with Gasteiger partial charge in [0, 0.05) is 17.6 Å². The summed E-state index contributed by atoms with van der Waals surface area (Å²) in [5.41, 5.74) is 5.85. The molecule has 1 fully saturated rings. The standard InChI is InChI=1S/C22H19N5O2S/c1-13-19(26-27(25-13)17-5-3-2-4-6-17)12-16-11-15-9-14(7-8-18(15)23-16)10-20-21(28)24-22(29)30-20/h2-9,11,20,23H,10,12H2,1H3,(H,24,28,29). The van der Waals surface area contributed by atoms with Gasteiger partial charge in [-0.2, -0.15) is 15.0 Å². The van der Waals surface area contributed by atoms with E-state index < -0.39 is 0 Å². The van der Waals surface area contributed by atoms with Gasteiger partial charge < -0.3 is 4.98 Å². The van der Waals surface area contributed by atoms with E-state index in [4.69, 9.17) is 0 Å². The molecule has 1 aliphatic heterocycles. The number of amides is 2. The second-order valence-electron chi connectivity index (χ2n) is 7.34. The molecule has 0 bridgehead atoms. The van der Waals surface area contributed by atoms with Crippen molar-refractivity contribution in [3.63, 3.8) is 0 Å². The minimum absolute atomic E-state index is 0.211. The fraction of sp³-hybridized carbons (Fsp3) is 0.182. The van der Waals surface area contributed by atoms with Crippen LogP contribution in [0.2, 0.25) is 0 Å². The smallest absolute Gasteiger partial charge is 0.286 e. The van der Waals surface area contributed by atoms with Crippen LogP contribution in [0.15, 0.2) is 54.6 Å². The summed E-state index contributed by atoms with van der Waals surface area (Å²) < 4.78 is 0. The van der Waals surface area contributed by atoms with Gasteiger partial charge in [0.2, 0.25) is 5.91 Å². The number of hydrogen-bond acceptors (Lipinski definition) is 5. The highest BCUT2D eigenvalue weighted by atomic mass is 32.2. The molecule has 1 unspecified atom stereocenters. The molecule has 0 spiro atoms. The highest BCUT2D eigenvalue weighted by Crippen LogP contribution is 2.25. The second kappa shape index (κ2) is 7.46. The number of aromatic nitrogens is 4. The Hall–Kier alpha value is -3.39. The van der Waals surface area contributed by atoms with Gasteiger partial charge >= 0.3 is 0 Å². The fourth-order valence-corrected chi connectivity index (χ4v) is 4.50. The quantitative estimate of drug-likeness (QED) is 0.518. The van der Waals surface area contributed by atoms with Gasteiger partial charge in [0.15, 0.2) is 0 Å². The molecule has 1 saturated heterocycles. The van der Waals surface area contributed by atoms with E-state index in [0.717, 1.165) is 51.0 Å². The molecule has 5 rings (SSSR count). The number of hydrogen-bond donors (Lipinski definition) is 2. The van der Waals surface area contributed by atoms with Crippen LogP contribution in [-0.2, 0) is 17.6 Å². The first-order valence-electron chi connectivity index (χ1n) is 9.65. The lowest BCUT2D eigenvalue weighted by atomic mass is 10.1. The largest absolute Gasteiger partial charge is 0.358 e. The molecule has 0 saturated carbocycles. The van der Waals surface area contributed by atoms with Crippen LogP contribution in [0.3, 0.4) is 0 Å². The van der Waals surface area contributed by atoms with Crippen LogP contribution in [0.5, 0.6) is 0 Å². The summed E-state index contributed by atoms with van der Waals surface area (Å²) in [6.45, 7) is 1.97. The Morgan fingerprint density at radius 2 is 1.90 bits per heavy atom. The number of rotatable bonds is 5. The van der Waals surface area contributed by atoms with Gasteiger partial charge in [0.05, 0.1) is 22.3 Å². The molecule has 1 aliphatic rings. The fourth-order valence-electron chi connectivity index (χ4n) is 3.64. The molecule has 0 aliphatic carbocycles. The number of imide groups is 1. The van der Waals surface area contributed by atoms with E-state index in [-0.39, 0.29) is 16.4 Å². The third kappa shape index (κ3) is 3.61. The van der Waals surface area contributed by atoms with Crippen molar-refractivity contribution in [2.45, 2.75) is 25.0 Å². The van der Waals surface area contributed by atoms with Gasteiger partial charge in [-0.05, 0) is 54.6 Å². The van der Waals surface area contributed by atoms with Crippen molar-refractivity contribution in [1.29, 1.82) is 0 Å². The lowest BCUT2D eigenvalue weighted by Gasteiger charge is -2.05. The van der Waals surface area contributed by atoms with Gasteiger partial charge in [-0.1, -0.05) is 36.0 Å². The molecule has 150 valence electrons. The van der Waals surface area contributed by atoms with Crippen molar-refractivity contribution < 1.29 is 9.59 Å². The predicted molar refractivity (Wildman–Crippen MR) is 116 cm³/mol. The SMILES string of the molecule is Cc1nn(-c2ccccc2)nc1Cc1cc2cc(CC3SC(=O)NC3=O)ccc2[nH]1. The second-order valence-corrected chi connectivity index (χ2v) is 8.51. The van der Waals surface area contributed by atoms with Gasteiger partial charge in [0.25, 0.3) is 5.24 Å². The molecular weight excluding hydrogens is 398 g/mol. The van der Waals surface area contributed by atoms with Gasteiger partial charge in [-0.25, -0.2) is 0 Å².